The van der Waals surface area contributed by atoms with Crippen molar-refractivity contribution in [2.45, 2.75) is 83.4 Å². The number of thiophene rings is 1. The van der Waals surface area contributed by atoms with Crippen molar-refractivity contribution < 1.29 is 9.53 Å². The predicted molar refractivity (Wildman–Crippen MR) is 113 cm³/mol. The van der Waals surface area contributed by atoms with E-state index in [1.807, 2.05) is 0 Å². The van der Waals surface area contributed by atoms with Crippen LogP contribution in [0.2, 0.25) is 0 Å². The molecular formula is C22H29N3O3S. The molecule has 29 heavy (non-hydrogen) atoms. The van der Waals surface area contributed by atoms with Crippen LogP contribution in [0.15, 0.2) is 4.79 Å². The van der Waals surface area contributed by atoms with Crippen LogP contribution in [0.25, 0.3) is 10.2 Å². The standard InChI is InChI=1S/C22H29N3O3S/c26-19(28-15-7-1-2-8-15)14-25-18(13-24-11-5-6-12-24)23-21-20(22(25)27)16-9-3-4-10-17(16)29-21/h15H,1-14H2. The first-order valence-corrected chi connectivity index (χ1v) is 12.0. The van der Waals surface area contributed by atoms with Gasteiger partial charge in [-0.25, -0.2) is 4.98 Å². The van der Waals surface area contributed by atoms with Gasteiger partial charge in [0.1, 0.15) is 23.3 Å². The first kappa shape index (κ1) is 19.2. The van der Waals surface area contributed by atoms with E-state index in [-0.39, 0.29) is 24.2 Å². The quantitative estimate of drug-likeness (QED) is 0.700. The van der Waals surface area contributed by atoms with E-state index in [0.717, 1.165) is 68.3 Å². The van der Waals surface area contributed by atoms with Crippen LogP contribution in [-0.2, 0) is 35.5 Å². The van der Waals surface area contributed by atoms with E-state index in [0.29, 0.717) is 12.4 Å². The van der Waals surface area contributed by atoms with Gasteiger partial charge in [0.15, 0.2) is 0 Å². The molecule has 0 N–H and O–H groups in total. The topological polar surface area (TPSA) is 64.4 Å². The maximum absolute atomic E-state index is 13.5. The zero-order chi connectivity index (χ0) is 19.8. The molecule has 0 aromatic carbocycles. The third-order valence-electron chi connectivity index (χ3n) is 6.61. The Labute approximate surface area is 174 Å². The normalized spacial score (nSPS) is 20.4. The molecule has 2 aliphatic carbocycles. The molecule has 1 saturated heterocycles. The Balaban J connectivity index is 1.51. The summed E-state index contributed by atoms with van der Waals surface area (Å²) in [4.78, 5) is 35.6. The number of carbonyl (C=O) groups excluding carboxylic acids is 1. The minimum Gasteiger partial charge on any atom is -0.461 e. The van der Waals surface area contributed by atoms with Crippen molar-refractivity contribution in [1.29, 1.82) is 0 Å². The number of ether oxygens (including phenoxy) is 1. The minimum absolute atomic E-state index is 0.0193. The lowest BCUT2D eigenvalue weighted by atomic mass is 9.97. The van der Waals surface area contributed by atoms with E-state index in [2.05, 4.69) is 4.90 Å². The first-order valence-electron chi connectivity index (χ1n) is 11.1. The van der Waals surface area contributed by atoms with Gasteiger partial charge in [-0.05, 0) is 82.9 Å². The third kappa shape index (κ3) is 3.87. The molecule has 0 bridgehead atoms. The summed E-state index contributed by atoms with van der Waals surface area (Å²) in [6.07, 6.45) is 10.8. The number of hydrogen-bond acceptors (Lipinski definition) is 6. The van der Waals surface area contributed by atoms with Gasteiger partial charge in [-0.3, -0.25) is 19.1 Å². The highest BCUT2D eigenvalue weighted by atomic mass is 32.1. The smallest absolute Gasteiger partial charge is 0.326 e. The molecule has 3 heterocycles. The van der Waals surface area contributed by atoms with Crippen molar-refractivity contribution in [1.82, 2.24) is 14.5 Å². The Kier molecular flexibility index (Phi) is 5.43. The van der Waals surface area contributed by atoms with Crippen LogP contribution in [0, 0.1) is 0 Å². The fraction of sp³-hybridized carbons (Fsp3) is 0.682. The molecular weight excluding hydrogens is 386 g/mol. The summed E-state index contributed by atoms with van der Waals surface area (Å²) in [5.41, 5.74) is 1.13. The van der Waals surface area contributed by atoms with Gasteiger partial charge >= 0.3 is 5.97 Å². The molecule has 0 spiro atoms. The van der Waals surface area contributed by atoms with Gasteiger partial charge in [0.2, 0.25) is 0 Å². The SMILES string of the molecule is O=C(Cn1c(CN2CCCC2)nc2sc3c(c2c1=O)CCCC3)OC1CCCC1. The van der Waals surface area contributed by atoms with Gasteiger partial charge in [-0.1, -0.05) is 0 Å². The Hall–Kier alpha value is -1.73. The fourth-order valence-corrected chi connectivity index (χ4v) is 6.33. The van der Waals surface area contributed by atoms with Crippen molar-refractivity contribution in [2.24, 2.45) is 0 Å². The number of hydrogen-bond donors (Lipinski definition) is 0. The number of rotatable bonds is 5. The number of aryl methyl sites for hydroxylation is 2. The van der Waals surface area contributed by atoms with Crippen molar-refractivity contribution >= 4 is 27.5 Å². The predicted octanol–water partition coefficient (Wildman–Crippen LogP) is 3.42. The van der Waals surface area contributed by atoms with Crippen LogP contribution < -0.4 is 5.56 Å². The molecule has 0 amide bonds. The molecule has 2 aromatic heterocycles. The third-order valence-corrected chi connectivity index (χ3v) is 7.79. The van der Waals surface area contributed by atoms with Gasteiger partial charge in [-0.2, -0.15) is 0 Å². The number of likely N-dealkylation sites (tertiary alicyclic amines) is 1. The highest BCUT2D eigenvalue weighted by Gasteiger charge is 2.26. The Bertz CT molecular complexity index is 968. The van der Waals surface area contributed by atoms with Crippen LogP contribution in [-0.4, -0.2) is 39.6 Å². The molecule has 2 fully saturated rings. The Morgan fingerprint density at radius 2 is 1.83 bits per heavy atom. The highest BCUT2D eigenvalue weighted by molar-refractivity contribution is 7.18. The summed E-state index contributed by atoms with van der Waals surface area (Å²) in [7, 11) is 0. The van der Waals surface area contributed by atoms with Gasteiger partial charge in [0.25, 0.3) is 5.56 Å². The molecule has 5 rings (SSSR count). The minimum atomic E-state index is -0.299. The summed E-state index contributed by atoms with van der Waals surface area (Å²) in [6, 6.07) is 0. The zero-order valence-corrected chi connectivity index (χ0v) is 17.8. The summed E-state index contributed by atoms with van der Waals surface area (Å²) < 4.78 is 7.27. The molecule has 0 atom stereocenters. The van der Waals surface area contributed by atoms with Crippen LogP contribution in [0.4, 0.5) is 0 Å². The number of nitrogens with zero attached hydrogens (tertiary/aromatic N) is 3. The molecule has 6 nitrogen and oxygen atoms in total. The first-order chi connectivity index (χ1) is 14.2. The lowest BCUT2D eigenvalue weighted by Crippen LogP contribution is -2.33. The van der Waals surface area contributed by atoms with E-state index >= 15 is 0 Å². The lowest BCUT2D eigenvalue weighted by Gasteiger charge is -2.19. The molecule has 0 radical (unpaired) electrons. The zero-order valence-electron chi connectivity index (χ0n) is 17.0. The number of fused-ring (bicyclic) bond motifs is 3. The van der Waals surface area contributed by atoms with Gasteiger partial charge in [-0.15, -0.1) is 11.3 Å². The molecule has 156 valence electrons. The number of esters is 1. The second-order valence-electron chi connectivity index (χ2n) is 8.69. The van der Waals surface area contributed by atoms with Crippen molar-refractivity contribution in [3.05, 3.63) is 26.6 Å². The number of carbonyl (C=O) groups is 1. The molecule has 1 aliphatic heterocycles. The second kappa shape index (κ2) is 8.19. The van der Waals surface area contributed by atoms with Crippen LogP contribution in [0.3, 0.4) is 0 Å². The highest BCUT2D eigenvalue weighted by Crippen LogP contribution is 2.34. The summed E-state index contributed by atoms with van der Waals surface area (Å²) in [5.74, 6) is 0.415. The van der Waals surface area contributed by atoms with Crippen LogP contribution in [0.1, 0.15) is 67.6 Å². The van der Waals surface area contributed by atoms with Crippen molar-refractivity contribution in [3.63, 3.8) is 0 Å². The molecule has 3 aliphatic rings. The van der Waals surface area contributed by atoms with E-state index in [4.69, 9.17) is 9.72 Å². The van der Waals surface area contributed by atoms with E-state index in [9.17, 15) is 9.59 Å². The average molecular weight is 416 g/mol. The maximum Gasteiger partial charge on any atom is 0.326 e. The Morgan fingerprint density at radius 3 is 2.62 bits per heavy atom. The van der Waals surface area contributed by atoms with E-state index < -0.39 is 0 Å². The van der Waals surface area contributed by atoms with Crippen LogP contribution in [0.5, 0.6) is 0 Å². The average Bonchev–Trinajstić information content (AvgIpc) is 3.45. The fourth-order valence-electron chi connectivity index (χ4n) is 5.06. The van der Waals surface area contributed by atoms with E-state index in [1.54, 1.807) is 15.9 Å². The second-order valence-corrected chi connectivity index (χ2v) is 9.77. The van der Waals surface area contributed by atoms with Crippen molar-refractivity contribution in [2.75, 3.05) is 13.1 Å². The molecule has 7 heteroatoms. The Morgan fingerprint density at radius 1 is 1.07 bits per heavy atom. The molecule has 2 aromatic rings. The van der Waals surface area contributed by atoms with Gasteiger partial charge in [0.05, 0.1) is 11.9 Å². The summed E-state index contributed by atoms with van der Waals surface area (Å²) >= 11 is 1.68. The number of aromatic nitrogens is 2. The largest absolute Gasteiger partial charge is 0.461 e. The summed E-state index contributed by atoms with van der Waals surface area (Å²) in [6.45, 7) is 2.67. The maximum atomic E-state index is 13.5. The monoisotopic (exact) mass is 415 g/mol. The van der Waals surface area contributed by atoms with Gasteiger partial charge in [0, 0.05) is 4.88 Å². The van der Waals surface area contributed by atoms with Gasteiger partial charge < -0.3 is 4.74 Å². The van der Waals surface area contributed by atoms with E-state index in [1.165, 1.54) is 29.7 Å². The molecule has 0 unspecified atom stereocenters. The van der Waals surface area contributed by atoms with Crippen molar-refractivity contribution in [3.8, 4) is 0 Å². The molecule has 1 saturated carbocycles. The van der Waals surface area contributed by atoms with Crippen LogP contribution >= 0.6 is 11.3 Å². The lowest BCUT2D eigenvalue weighted by molar-refractivity contribution is -0.149. The summed E-state index contributed by atoms with van der Waals surface area (Å²) in [5, 5.41) is 0.753.